The molecule has 13 heavy (non-hydrogen) atoms. The van der Waals surface area contributed by atoms with E-state index >= 15 is 0 Å². The van der Waals surface area contributed by atoms with Gasteiger partial charge >= 0.3 is 0 Å². The molecule has 0 radical (unpaired) electrons. The van der Waals surface area contributed by atoms with Crippen LogP contribution in [0.2, 0.25) is 0 Å². The van der Waals surface area contributed by atoms with Gasteiger partial charge in [-0.3, -0.25) is 9.59 Å². The molecule has 0 aromatic heterocycles. The van der Waals surface area contributed by atoms with E-state index < -0.39 is 0 Å². The minimum Gasteiger partial charge on any atom is -0.347 e. The van der Waals surface area contributed by atoms with Crippen molar-refractivity contribution < 1.29 is 9.59 Å². The Labute approximate surface area is 78.3 Å². The van der Waals surface area contributed by atoms with Gasteiger partial charge in [0.2, 0.25) is 12.3 Å². The first-order valence-corrected chi connectivity index (χ1v) is 4.63. The van der Waals surface area contributed by atoms with Gasteiger partial charge in [0.25, 0.3) is 0 Å². The van der Waals surface area contributed by atoms with Gasteiger partial charge in [0.15, 0.2) is 0 Å². The smallest absolute Gasteiger partial charge is 0.244 e. The second-order valence-corrected chi connectivity index (χ2v) is 3.68. The lowest BCUT2D eigenvalue weighted by Crippen LogP contribution is -2.43. The molecular weight excluding hydrogens is 168 g/mol. The van der Waals surface area contributed by atoms with Crippen molar-refractivity contribution in [2.45, 2.75) is 26.3 Å². The fraction of sp³-hybridized carbons (Fsp3) is 0.778. The number of hydrogen-bond donors (Lipinski definition) is 1. The quantitative estimate of drug-likeness (QED) is 0.627. The molecule has 0 saturated carbocycles. The Morgan fingerprint density at radius 1 is 1.69 bits per heavy atom. The van der Waals surface area contributed by atoms with Gasteiger partial charge in [-0.2, -0.15) is 0 Å². The van der Waals surface area contributed by atoms with Crippen LogP contribution >= 0.6 is 0 Å². The van der Waals surface area contributed by atoms with Crippen molar-refractivity contribution in [3.05, 3.63) is 0 Å². The zero-order valence-corrected chi connectivity index (χ0v) is 8.12. The highest BCUT2D eigenvalue weighted by molar-refractivity contribution is 5.83. The van der Waals surface area contributed by atoms with Crippen LogP contribution in [0.5, 0.6) is 0 Å². The topological polar surface area (TPSA) is 49.4 Å². The molecule has 0 aromatic carbocycles. The molecule has 74 valence electrons. The molecule has 1 rings (SSSR count). The lowest BCUT2D eigenvalue weighted by molar-refractivity contribution is -0.133. The van der Waals surface area contributed by atoms with Crippen molar-refractivity contribution in [2.24, 2.45) is 5.92 Å². The minimum absolute atomic E-state index is 0.0245. The molecule has 4 nitrogen and oxygen atoms in total. The molecule has 1 fully saturated rings. The van der Waals surface area contributed by atoms with E-state index in [0.29, 0.717) is 12.3 Å². The van der Waals surface area contributed by atoms with Gasteiger partial charge in [-0.05, 0) is 19.3 Å². The maximum atomic E-state index is 11.6. The molecule has 0 aromatic rings. The summed E-state index contributed by atoms with van der Waals surface area (Å²) < 4.78 is 0. The Balaban J connectivity index is 2.43. The van der Waals surface area contributed by atoms with E-state index in [2.05, 4.69) is 12.2 Å². The molecule has 0 aliphatic carbocycles. The van der Waals surface area contributed by atoms with Gasteiger partial charge in [-0.15, -0.1) is 0 Å². The van der Waals surface area contributed by atoms with Crippen LogP contribution in [0.15, 0.2) is 0 Å². The summed E-state index contributed by atoms with van der Waals surface area (Å²) in [6.07, 6.45) is 1.64. The van der Waals surface area contributed by atoms with Crippen molar-refractivity contribution in [1.82, 2.24) is 10.2 Å². The molecule has 2 unspecified atom stereocenters. The van der Waals surface area contributed by atoms with Crippen LogP contribution in [-0.2, 0) is 9.59 Å². The largest absolute Gasteiger partial charge is 0.347 e. The Hall–Kier alpha value is -1.06. The number of hydrogen-bond acceptors (Lipinski definition) is 2. The Bertz CT molecular complexity index is 206. The zero-order valence-electron chi connectivity index (χ0n) is 8.12. The average molecular weight is 184 g/mol. The molecule has 1 heterocycles. The predicted molar refractivity (Wildman–Crippen MR) is 49.0 cm³/mol. The molecule has 1 N–H and O–H groups in total. The van der Waals surface area contributed by atoms with Crippen LogP contribution in [0.4, 0.5) is 0 Å². The lowest BCUT2D eigenvalue weighted by Gasteiger charge is -2.19. The number of rotatable bonds is 3. The standard InChI is InChI=1S/C9H16N2O2/c1-7-3-4-11(5-7)9(13)8(2)10-6-12/h6-8H,3-5H2,1-2H3,(H,10,12). The molecule has 1 aliphatic heterocycles. The molecule has 1 saturated heterocycles. The molecule has 1 aliphatic rings. The van der Waals surface area contributed by atoms with Crippen molar-refractivity contribution in [2.75, 3.05) is 13.1 Å². The second kappa shape index (κ2) is 4.25. The third-order valence-electron chi connectivity index (χ3n) is 2.42. The van der Waals surface area contributed by atoms with Crippen LogP contribution < -0.4 is 5.32 Å². The number of nitrogens with zero attached hydrogens (tertiary/aromatic N) is 1. The third kappa shape index (κ3) is 2.44. The van der Waals surface area contributed by atoms with Crippen molar-refractivity contribution in [3.8, 4) is 0 Å². The summed E-state index contributed by atoms with van der Waals surface area (Å²) in [5.74, 6) is 0.615. The van der Waals surface area contributed by atoms with E-state index in [1.807, 2.05) is 4.90 Å². The maximum Gasteiger partial charge on any atom is 0.244 e. The summed E-state index contributed by atoms with van der Waals surface area (Å²) in [6.45, 7) is 5.49. The number of carbonyl (C=O) groups is 2. The SMILES string of the molecule is CC1CCN(C(=O)C(C)NC=O)C1. The minimum atomic E-state index is -0.386. The fourth-order valence-electron chi connectivity index (χ4n) is 1.58. The van der Waals surface area contributed by atoms with E-state index in [1.165, 1.54) is 0 Å². The summed E-state index contributed by atoms with van der Waals surface area (Å²) in [6, 6.07) is -0.386. The van der Waals surface area contributed by atoms with E-state index in [1.54, 1.807) is 6.92 Å². The van der Waals surface area contributed by atoms with E-state index in [-0.39, 0.29) is 11.9 Å². The number of nitrogens with one attached hydrogen (secondary N) is 1. The Kier molecular flexibility index (Phi) is 3.28. The predicted octanol–water partition coefficient (Wildman–Crippen LogP) is -0.0107. The Morgan fingerprint density at radius 3 is 2.85 bits per heavy atom. The molecule has 0 spiro atoms. The lowest BCUT2D eigenvalue weighted by atomic mass is 10.2. The van der Waals surface area contributed by atoms with Gasteiger partial charge in [0, 0.05) is 13.1 Å². The Morgan fingerprint density at radius 2 is 2.38 bits per heavy atom. The van der Waals surface area contributed by atoms with Crippen molar-refractivity contribution in [1.29, 1.82) is 0 Å². The van der Waals surface area contributed by atoms with Crippen LogP contribution in [-0.4, -0.2) is 36.3 Å². The van der Waals surface area contributed by atoms with E-state index in [4.69, 9.17) is 0 Å². The van der Waals surface area contributed by atoms with Crippen LogP contribution in [0.1, 0.15) is 20.3 Å². The average Bonchev–Trinajstić information content (AvgIpc) is 2.51. The highest BCUT2D eigenvalue weighted by atomic mass is 16.2. The first-order chi connectivity index (χ1) is 6.15. The van der Waals surface area contributed by atoms with E-state index in [9.17, 15) is 9.59 Å². The van der Waals surface area contributed by atoms with Crippen molar-refractivity contribution in [3.63, 3.8) is 0 Å². The molecule has 0 bridgehead atoms. The highest BCUT2D eigenvalue weighted by Gasteiger charge is 2.26. The highest BCUT2D eigenvalue weighted by Crippen LogP contribution is 2.15. The number of likely N-dealkylation sites (tertiary alicyclic amines) is 1. The van der Waals surface area contributed by atoms with Crippen molar-refractivity contribution >= 4 is 12.3 Å². The summed E-state index contributed by atoms with van der Waals surface area (Å²) >= 11 is 0. The summed E-state index contributed by atoms with van der Waals surface area (Å²) in [5.41, 5.74) is 0. The monoisotopic (exact) mass is 184 g/mol. The second-order valence-electron chi connectivity index (χ2n) is 3.68. The van der Waals surface area contributed by atoms with Crippen LogP contribution in [0, 0.1) is 5.92 Å². The number of carbonyl (C=O) groups excluding carboxylic acids is 2. The third-order valence-corrected chi connectivity index (χ3v) is 2.42. The molecule has 4 heteroatoms. The first-order valence-electron chi connectivity index (χ1n) is 4.63. The van der Waals surface area contributed by atoms with E-state index in [0.717, 1.165) is 19.5 Å². The molecule has 2 amide bonds. The fourth-order valence-corrected chi connectivity index (χ4v) is 1.58. The normalized spacial score (nSPS) is 24.2. The summed E-state index contributed by atoms with van der Waals surface area (Å²) in [7, 11) is 0. The number of amides is 2. The molecular formula is C9H16N2O2. The maximum absolute atomic E-state index is 11.6. The summed E-state index contributed by atoms with van der Waals surface area (Å²) in [5, 5.41) is 2.47. The summed E-state index contributed by atoms with van der Waals surface area (Å²) in [4.78, 5) is 23.5. The van der Waals surface area contributed by atoms with Gasteiger partial charge in [0.1, 0.15) is 6.04 Å². The van der Waals surface area contributed by atoms with Gasteiger partial charge in [-0.25, -0.2) is 0 Å². The zero-order chi connectivity index (χ0) is 9.84. The van der Waals surface area contributed by atoms with Crippen LogP contribution in [0.3, 0.4) is 0 Å². The van der Waals surface area contributed by atoms with Crippen LogP contribution in [0.25, 0.3) is 0 Å². The van der Waals surface area contributed by atoms with Gasteiger partial charge in [-0.1, -0.05) is 6.92 Å². The molecule has 2 atom stereocenters. The van der Waals surface area contributed by atoms with Gasteiger partial charge < -0.3 is 10.2 Å². The first kappa shape index (κ1) is 10.0. The van der Waals surface area contributed by atoms with Gasteiger partial charge in [0.05, 0.1) is 0 Å².